The maximum atomic E-state index is 12.5. The van der Waals surface area contributed by atoms with Crippen LogP contribution in [0.25, 0.3) is 0 Å². The van der Waals surface area contributed by atoms with E-state index in [1.807, 2.05) is 4.90 Å². The molecule has 5 nitrogen and oxygen atoms in total. The number of nitrogens with zero attached hydrogens (tertiary/aromatic N) is 2. The molecule has 1 aromatic rings. The molecular weight excluding hydrogens is 242 g/mol. The van der Waals surface area contributed by atoms with E-state index in [2.05, 4.69) is 18.9 Å². The van der Waals surface area contributed by atoms with Gasteiger partial charge in [0.2, 0.25) is 0 Å². The van der Waals surface area contributed by atoms with E-state index in [-0.39, 0.29) is 11.9 Å². The Hall–Kier alpha value is -1.33. The molecule has 0 spiro atoms. The predicted molar refractivity (Wildman–Crippen MR) is 73.8 cm³/mol. The first-order chi connectivity index (χ1) is 9.15. The largest absolute Gasteiger partial charge is 0.455 e. The lowest BCUT2D eigenvalue weighted by molar-refractivity contribution is 0.0641. The van der Waals surface area contributed by atoms with E-state index in [0.717, 1.165) is 32.5 Å². The van der Waals surface area contributed by atoms with Gasteiger partial charge < -0.3 is 20.0 Å². The summed E-state index contributed by atoms with van der Waals surface area (Å²) in [5.74, 6) is 1.05. The first kappa shape index (κ1) is 14.1. The highest BCUT2D eigenvalue weighted by Crippen LogP contribution is 2.17. The fraction of sp³-hybridized carbons (Fsp3) is 0.643. The van der Waals surface area contributed by atoms with Gasteiger partial charge >= 0.3 is 0 Å². The molecule has 1 atom stereocenters. The molecule has 1 amide bonds. The number of carbonyl (C=O) groups is 1. The van der Waals surface area contributed by atoms with Gasteiger partial charge in [0, 0.05) is 19.1 Å². The Balaban J connectivity index is 2.15. The topological polar surface area (TPSA) is 62.7 Å². The summed E-state index contributed by atoms with van der Waals surface area (Å²) in [5, 5.41) is 0. The molecule has 0 aliphatic carbocycles. The normalized spacial score (nSPS) is 21.4. The van der Waals surface area contributed by atoms with Crippen LogP contribution in [0, 0.1) is 0 Å². The first-order valence-corrected chi connectivity index (χ1v) is 6.94. The zero-order valence-electron chi connectivity index (χ0n) is 11.8. The van der Waals surface area contributed by atoms with Crippen molar-refractivity contribution in [2.75, 3.05) is 26.7 Å². The summed E-state index contributed by atoms with van der Waals surface area (Å²) in [4.78, 5) is 16.8. The molecule has 0 aromatic carbocycles. The van der Waals surface area contributed by atoms with Gasteiger partial charge in [-0.25, -0.2) is 0 Å². The van der Waals surface area contributed by atoms with Crippen LogP contribution in [0.5, 0.6) is 0 Å². The van der Waals surface area contributed by atoms with Crippen molar-refractivity contribution in [3.63, 3.8) is 0 Å². The number of amides is 1. The van der Waals surface area contributed by atoms with E-state index < -0.39 is 0 Å². The Morgan fingerprint density at radius 2 is 2.26 bits per heavy atom. The summed E-state index contributed by atoms with van der Waals surface area (Å²) in [7, 11) is 2.11. The Morgan fingerprint density at radius 1 is 1.47 bits per heavy atom. The summed E-state index contributed by atoms with van der Waals surface area (Å²) < 4.78 is 5.48. The number of likely N-dealkylation sites (N-methyl/N-ethyl adjacent to an activating group) is 1. The molecular formula is C14H23N3O2. The molecule has 1 unspecified atom stereocenters. The Morgan fingerprint density at radius 3 is 2.89 bits per heavy atom. The fourth-order valence-corrected chi connectivity index (χ4v) is 2.60. The number of carbonyl (C=O) groups excluding carboxylic acids is 1. The summed E-state index contributed by atoms with van der Waals surface area (Å²) in [6.07, 6.45) is 1.96. The van der Waals surface area contributed by atoms with Gasteiger partial charge in [-0.15, -0.1) is 0 Å². The van der Waals surface area contributed by atoms with Crippen LogP contribution < -0.4 is 5.73 Å². The van der Waals surface area contributed by atoms with Crippen LogP contribution in [0.4, 0.5) is 0 Å². The molecule has 5 heteroatoms. The third-order valence-electron chi connectivity index (χ3n) is 3.71. The van der Waals surface area contributed by atoms with Gasteiger partial charge in [-0.2, -0.15) is 0 Å². The van der Waals surface area contributed by atoms with E-state index in [9.17, 15) is 4.79 Å². The quantitative estimate of drug-likeness (QED) is 0.894. The van der Waals surface area contributed by atoms with Gasteiger partial charge in [0.05, 0.1) is 6.54 Å². The van der Waals surface area contributed by atoms with Gasteiger partial charge in [0.1, 0.15) is 5.76 Å². The van der Waals surface area contributed by atoms with Gasteiger partial charge in [-0.05, 0) is 38.6 Å². The van der Waals surface area contributed by atoms with Crippen LogP contribution in [0.2, 0.25) is 0 Å². The van der Waals surface area contributed by atoms with Gasteiger partial charge in [0.25, 0.3) is 5.91 Å². The smallest absolute Gasteiger partial charge is 0.289 e. The van der Waals surface area contributed by atoms with Crippen molar-refractivity contribution >= 4 is 5.91 Å². The maximum Gasteiger partial charge on any atom is 0.289 e. The number of hydrogen-bond donors (Lipinski definition) is 1. The lowest BCUT2D eigenvalue weighted by atomic mass is 10.1. The zero-order valence-corrected chi connectivity index (χ0v) is 11.8. The first-order valence-electron chi connectivity index (χ1n) is 6.94. The maximum absolute atomic E-state index is 12.5. The Labute approximate surface area is 114 Å². The fourth-order valence-electron chi connectivity index (χ4n) is 2.60. The summed E-state index contributed by atoms with van der Waals surface area (Å²) in [5.41, 5.74) is 5.51. The minimum atomic E-state index is -0.0122. The molecule has 1 aliphatic rings. The molecule has 0 radical (unpaired) electrons. The monoisotopic (exact) mass is 265 g/mol. The molecule has 1 aliphatic heterocycles. The summed E-state index contributed by atoms with van der Waals surface area (Å²) in [6.45, 7) is 5.20. The van der Waals surface area contributed by atoms with E-state index in [1.54, 1.807) is 12.1 Å². The number of rotatable bonds is 3. The van der Waals surface area contributed by atoms with Crippen LogP contribution in [0.3, 0.4) is 0 Å². The minimum absolute atomic E-state index is 0.0122. The van der Waals surface area contributed by atoms with E-state index in [4.69, 9.17) is 10.2 Å². The number of hydrogen-bond acceptors (Lipinski definition) is 4. The average Bonchev–Trinajstić information content (AvgIpc) is 2.81. The number of furan rings is 1. The standard InChI is InChI=1S/C14H23N3O2/c1-3-11-10-16(2)7-4-8-17(11)14(18)13-6-5-12(9-15)19-13/h5-6,11H,3-4,7-10,15H2,1-2H3. The molecule has 1 aromatic heterocycles. The molecule has 2 N–H and O–H groups in total. The second-order valence-electron chi connectivity index (χ2n) is 5.15. The molecule has 1 saturated heterocycles. The van der Waals surface area contributed by atoms with E-state index >= 15 is 0 Å². The highest BCUT2D eigenvalue weighted by molar-refractivity contribution is 5.91. The van der Waals surface area contributed by atoms with Crippen molar-refractivity contribution in [1.29, 1.82) is 0 Å². The third kappa shape index (κ3) is 3.16. The molecule has 106 valence electrons. The van der Waals surface area contributed by atoms with Crippen molar-refractivity contribution in [3.8, 4) is 0 Å². The second kappa shape index (κ2) is 6.21. The minimum Gasteiger partial charge on any atom is -0.455 e. The van der Waals surface area contributed by atoms with E-state index in [1.165, 1.54) is 0 Å². The molecule has 0 bridgehead atoms. The molecule has 19 heavy (non-hydrogen) atoms. The van der Waals surface area contributed by atoms with Crippen molar-refractivity contribution in [2.45, 2.75) is 32.4 Å². The summed E-state index contributed by atoms with van der Waals surface area (Å²) >= 11 is 0. The molecule has 0 saturated carbocycles. The zero-order chi connectivity index (χ0) is 13.8. The Bertz CT molecular complexity index is 430. The van der Waals surface area contributed by atoms with Crippen molar-refractivity contribution < 1.29 is 9.21 Å². The van der Waals surface area contributed by atoms with Crippen molar-refractivity contribution in [2.24, 2.45) is 5.73 Å². The van der Waals surface area contributed by atoms with Gasteiger partial charge in [0.15, 0.2) is 5.76 Å². The van der Waals surface area contributed by atoms with Crippen molar-refractivity contribution in [1.82, 2.24) is 9.80 Å². The molecule has 2 rings (SSSR count). The van der Waals surface area contributed by atoms with E-state index in [0.29, 0.717) is 18.1 Å². The van der Waals surface area contributed by atoms with Crippen LogP contribution in [-0.2, 0) is 6.54 Å². The van der Waals surface area contributed by atoms with Crippen LogP contribution in [-0.4, -0.2) is 48.4 Å². The number of nitrogens with two attached hydrogens (primary N) is 1. The highest BCUT2D eigenvalue weighted by Gasteiger charge is 2.28. The van der Waals surface area contributed by atoms with Crippen LogP contribution in [0.15, 0.2) is 16.5 Å². The molecule has 2 heterocycles. The van der Waals surface area contributed by atoms with Gasteiger partial charge in [-0.3, -0.25) is 4.79 Å². The SMILES string of the molecule is CCC1CN(C)CCCN1C(=O)c1ccc(CN)o1. The average molecular weight is 265 g/mol. The lowest BCUT2D eigenvalue weighted by Gasteiger charge is -2.29. The Kier molecular flexibility index (Phi) is 4.61. The lowest BCUT2D eigenvalue weighted by Crippen LogP contribution is -2.43. The summed E-state index contributed by atoms with van der Waals surface area (Å²) in [6, 6.07) is 3.76. The second-order valence-corrected chi connectivity index (χ2v) is 5.15. The predicted octanol–water partition coefficient (Wildman–Crippen LogP) is 1.29. The van der Waals surface area contributed by atoms with Gasteiger partial charge in [-0.1, -0.05) is 6.92 Å². The van der Waals surface area contributed by atoms with Crippen LogP contribution in [0.1, 0.15) is 36.1 Å². The van der Waals surface area contributed by atoms with Crippen LogP contribution >= 0.6 is 0 Å². The third-order valence-corrected chi connectivity index (χ3v) is 3.71. The molecule has 1 fully saturated rings. The highest BCUT2D eigenvalue weighted by atomic mass is 16.4. The van der Waals surface area contributed by atoms with Crippen molar-refractivity contribution in [3.05, 3.63) is 23.7 Å².